The van der Waals surface area contributed by atoms with Gasteiger partial charge in [-0.05, 0) is 26.8 Å². The van der Waals surface area contributed by atoms with Crippen molar-refractivity contribution in [1.82, 2.24) is 4.57 Å². The Balaban J connectivity index is 2.35. The van der Waals surface area contributed by atoms with Gasteiger partial charge in [0.2, 0.25) is 0 Å². The first kappa shape index (κ1) is 9.91. The number of thiophene rings is 1. The van der Waals surface area contributed by atoms with E-state index in [1.165, 1.54) is 20.2 Å². The summed E-state index contributed by atoms with van der Waals surface area (Å²) in [4.78, 5) is 0. The Bertz CT molecular complexity index is 652. The summed E-state index contributed by atoms with van der Waals surface area (Å²) < 4.78 is 5.07. The van der Waals surface area contributed by atoms with Crippen LogP contribution >= 0.6 is 11.3 Å². The number of aromatic nitrogens is 1. The van der Waals surface area contributed by atoms with Crippen molar-refractivity contribution in [2.45, 2.75) is 26.3 Å². The smallest absolute Gasteiger partial charge is 0.0532 e. The predicted octanol–water partition coefficient (Wildman–Crippen LogP) is 4.61. The average molecular weight is 229 g/mol. The molecule has 0 saturated carbocycles. The molecule has 0 aliphatic carbocycles. The second kappa shape index (κ2) is 3.11. The lowest BCUT2D eigenvalue weighted by Crippen LogP contribution is -2.19. The van der Waals surface area contributed by atoms with Crippen LogP contribution in [0.25, 0.3) is 20.2 Å². The standard InChI is InChI=1S/C14H15NS/c1-14(2,3)15-8-11-10-6-4-5-7-12(10)16-13(11)9-15/h4-9H,1-3H3. The van der Waals surface area contributed by atoms with Gasteiger partial charge in [0.1, 0.15) is 0 Å². The van der Waals surface area contributed by atoms with E-state index in [1.807, 2.05) is 11.3 Å². The molecule has 1 aromatic carbocycles. The highest BCUT2D eigenvalue weighted by Crippen LogP contribution is 2.35. The van der Waals surface area contributed by atoms with Gasteiger partial charge in [-0.2, -0.15) is 0 Å². The molecule has 0 aliphatic rings. The molecule has 0 unspecified atom stereocenters. The van der Waals surface area contributed by atoms with Crippen LogP contribution in [-0.4, -0.2) is 4.57 Å². The molecule has 0 atom stereocenters. The molecule has 2 heteroatoms. The molecule has 2 aromatic heterocycles. The number of hydrogen-bond acceptors (Lipinski definition) is 1. The van der Waals surface area contributed by atoms with Crippen molar-refractivity contribution in [2.24, 2.45) is 0 Å². The van der Waals surface area contributed by atoms with Crippen LogP contribution in [0, 0.1) is 0 Å². The Labute approximate surface area is 99.3 Å². The number of fused-ring (bicyclic) bond motifs is 3. The molecular weight excluding hydrogens is 214 g/mol. The highest BCUT2D eigenvalue weighted by molar-refractivity contribution is 7.25. The lowest BCUT2D eigenvalue weighted by Gasteiger charge is -2.20. The molecule has 0 spiro atoms. The molecule has 1 nitrogen and oxygen atoms in total. The number of rotatable bonds is 0. The van der Waals surface area contributed by atoms with Gasteiger partial charge in [-0.1, -0.05) is 18.2 Å². The molecule has 0 bridgehead atoms. The van der Waals surface area contributed by atoms with E-state index in [0.717, 1.165) is 0 Å². The van der Waals surface area contributed by atoms with Gasteiger partial charge < -0.3 is 4.57 Å². The minimum atomic E-state index is 0.167. The second-order valence-corrected chi connectivity index (χ2v) is 6.30. The lowest BCUT2D eigenvalue weighted by molar-refractivity contribution is 0.400. The maximum atomic E-state index is 2.31. The van der Waals surface area contributed by atoms with Gasteiger partial charge in [0, 0.05) is 33.4 Å². The summed E-state index contributed by atoms with van der Waals surface area (Å²) in [5, 5.41) is 2.76. The Kier molecular flexibility index (Phi) is 1.93. The van der Waals surface area contributed by atoms with Crippen LogP contribution in [0.15, 0.2) is 36.7 Å². The Morgan fingerprint density at radius 3 is 2.44 bits per heavy atom. The fraction of sp³-hybridized carbons (Fsp3) is 0.286. The molecular formula is C14H15NS. The van der Waals surface area contributed by atoms with Crippen LogP contribution in [0.2, 0.25) is 0 Å². The van der Waals surface area contributed by atoms with Crippen LogP contribution in [0.1, 0.15) is 20.8 Å². The van der Waals surface area contributed by atoms with Crippen molar-refractivity contribution in [3.8, 4) is 0 Å². The van der Waals surface area contributed by atoms with E-state index in [0.29, 0.717) is 0 Å². The monoisotopic (exact) mass is 229 g/mol. The first-order valence-corrected chi connectivity index (χ1v) is 6.37. The molecule has 82 valence electrons. The van der Waals surface area contributed by atoms with Gasteiger partial charge in [-0.25, -0.2) is 0 Å². The molecule has 3 rings (SSSR count). The Hall–Kier alpha value is -1.28. The molecule has 0 radical (unpaired) electrons. The Morgan fingerprint density at radius 2 is 1.69 bits per heavy atom. The van der Waals surface area contributed by atoms with Crippen LogP contribution in [-0.2, 0) is 5.54 Å². The number of nitrogens with zero attached hydrogens (tertiary/aromatic N) is 1. The van der Waals surface area contributed by atoms with Crippen molar-refractivity contribution in [3.05, 3.63) is 36.7 Å². The van der Waals surface area contributed by atoms with E-state index in [-0.39, 0.29) is 5.54 Å². The van der Waals surface area contributed by atoms with E-state index >= 15 is 0 Å². The zero-order valence-corrected chi connectivity index (χ0v) is 10.6. The third-order valence-electron chi connectivity index (χ3n) is 2.96. The van der Waals surface area contributed by atoms with E-state index in [9.17, 15) is 0 Å². The summed E-state index contributed by atoms with van der Waals surface area (Å²) >= 11 is 1.88. The summed E-state index contributed by atoms with van der Waals surface area (Å²) in [6, 6.07) is 8.63. The summed E-state index contributed by atoms with van der Waals surface area (Å²) in [6.07, 6.45) is 4.54. The van der Waals surface area contributed by atoms with Crippen LogP contribution in [0.3, 0.4) is 0 Å². The second-order valence-electron chi connectivity index (χ2n) is 5.21. The maximum Gasteiger partial charge on any atom is 0.0532 e. The largest absolute Gasteiger partial charge is 0.347 e. The quantitative estimate of drug-likeness (QED) is 0.530. The number of benzene rings is 1. The molecule has 2 heterocycles. The highest BCUT2D eigenvalue weighted by Gasteiger charge is 2.15. The lowest BCUT2D eigenvalue weighted by atomic mass is 10.1. The fourth-order valence-corrected chi connectivity index (χ4v) is 3.11. The highest BCUT2D eigenvalue weighted by atomic mass is 32.1. The molecule has 0 fully saturated rings. The van der Waals surface area contributed by atoms with Gasteiger partial charge >= 0.3 is 0 Å². The van der Waals surface area contributed by atoms with E-state index < -0.39 is 0 Å². The average Bonchev–Trinajstić information content (AvgIpc) is 2.72. The van der Waals surface area contributed by atoms with Crippen molar-refractivity contribution in [1.29, 1.82) is 0 Å². The molecule has 16 heavy (non-hydrogen) atoms. The molecule has 3 aromatic rings. The van der Waals surface area contributed by atoms with Gasteiger partial charge in [0.05, 0.1) is 4.70 Å². The minimum Gasteiger partial charge on any atom is -0.347 e. The zero-order valence-electron chi connectivity index (χ0n) is 9.82. The summed E-state index contributed by atoms with van der Waals surface area (Å²) in [6.45, 7) is 6.70. The van der Waals surface area contributed by atoms with E-state index in [4.69, 9.17) is 0 Å². The predicted molar refractivity (Wildman–Crippen MR) is 72.3 cm³/mol. The van der Waals surface area contributed by atoms with Crippen molar-refractivity contribution >= 4 is 31.5 Å². The molecule has 0 amide bonds. The first-order chi connectivity index (χ1) is 7.55. The molecule has 0 aliphatic heterocycles. The van der Waals surface area contributed by atoms with Crippen LogP contribution < -0.4 is 0 Å². The summed E-state index contributed by atoms with van der Waals surface area (Å²) in [5.74, 6) is 0. The van der Waals surface area contributed by atoms with Gasteiger partial charge in [-0.15, -0.1) is 11.3 Å². The van der Waals surface area contributed by atoms with E-state index in [2.05, 4.69) is 62.0 Å². The zero-order chi connectivity index (χ0) is 11.3. The van der Waals surface area contributed by atoms with Crippen molar-refractivity contribution in [3.63, 3.8) is 0 Å². The normalized spacial score (nSPS) is 12.7. The third-order valence-corrected chi connectivity index (χ3v) is 4.08. The molecule has 0 N–H and O–H groups in total. The maximum absolute atomic E-state index is 2.31. The van der Waals surface area contributed by atoms with Gasteiger partial charge in [-0.3, -0.25) is 0 Å². The summed E-state index contributed by atoms with van der Waals surface area (Å²) in [5.41, 5.74) is 0.167. The van der Waals surface area contributed by atoms with Crippen LogP contribution in [0.5, 0.6) is 0 Å². The fourth-order valence-electron chi connectivity index (χ4n) is 2.00. The minimum absolute atomic E-state index is 0.167. The summed E-state index contributed by atoms with van der Waals surface area (Å²) in [7, 11) is 0. The van der Waals surface area contributed by atoms with Crippen molar-refractivity contribution < 1.29 is 0 Å². The van der Waals surface area contributed by atoms with Crippen LogP contribution in [0.4, 0.5) is 0 Å². The third kappa shape index (κ3) is 1.37. The van der Waals surface area contributed by atoms with Gasteiger partial charge in [0.25, 0.3) is 0 Å². The van der Waals surface area contributed by atoms with E-state index in [1.54, 1.807) is 0 Å². The number of hydrogen-bond donors (Lipinski definition) is 0. The van der Waals surface area contributed by atoms with Gasteiger partial charge in [0.15, 0.2) is 0 Å². The van der Waals surface area contributed by atoms with Crippen molar-refractivity contribution in [2.75, 3.05) is 0 Å². The topological polar surface area (TPSA) is 4.93 Å². The Morgan fingerprint density at radius 1 is 0.938 bits per heavy atom. The SMILES string of the molecule is CC(C)(C)n1cc2sc3ccccc3c2c1. The molecule has 0 saturated heterocycles. The first-order valence-electron chi connectivity index (χ1n) is 5.55.